The second kappa shape index (κ2) is 6.88. The van der Waals surface area contributed by atoms with Gasteiger partial charge in [0.15, 0.2) is 0 Å². The van der Waals surface area contributed by atoms with Gasteiger partial charge in [-0.3, -0.25) is 4.98 Å². The van der Waals surface area contributed by atoms with E-state index >= 15 is 0 Å². The molecule has 4 aromatic rings. The summed E-state index contributed by atoms with van der Waals surface area (Å²) in [5, 5.41) is 3.91. The lowest BCUT2D eigenvalue weighted by Gasteiger charge is -2.13. The third kappa shape index (κ3) is 3.36. The Hall–Kier alpha value is -3.55. The molecule has 0 saturated heterocycles. The van der Waals surface area contributed by atoms with Crippen LogP contribution in [-0.2, 0) is 6.18 Å². The summed E-state index contributed by atoms with van der Waals surface area (Å²) in [6.45, 7) is 1.84. The first-order chi connectivity index (χ1) is 13.4. The minimum absolute atomic E-state index is 0.264. The normalized spacial score (nSPS) is 11.6. The number of hydrogen-bond donors (Lipinski definition) is 1. The van der Waals surface area contributed by atoms with Gasteiger partial charge < -0.3 is 5.32 Å². The minimum atomic E-state index is -4.42. The first-order valence-corrected chi connectivity index (χ1v) is 8.39. The quantitative estimate of drug-likeness (QED) is 0.531. The summed E-state index contributed by atoms with van der Waals surface area (Å²) >= 11 is 0. The Bertz CT molecular complexity index is 1140. The van der Waals surface area contributed by atoms with Gasteiger partial charge in [0.25, 0.3) is 0 Å². The maximum absolute atomic E-state index is 12.7. The average molecular weight is 381 g/mol. The minimum Gasteiger partial charge on any atom is -0.325 e. The number of nitrogens with zero attached hydrogens (tertiary/aromatic N) is 4. The number of nitrogens with one attached hydrogen (secondary N) is 1. The van der Waals surface area contributed by atoms with Crippen LogP contribution in [0.2, 0.25) is 0 Å². The third-order valence-electron chi connectivity index (χ3n) is 4.32. The zero-order chi connectivity index (χ0) is 19.7. The molecule has 0 atom stereocenters. The van der Waals surface area contributed by atoms with Gasteiger partial charge in [0.1, 0.15) is 18.0 Å². The predicted molar refractivity (Wildman–Crippen MR) is 100 cm³/mol. The van der Waals surface area contributed by atoms with Crippen molar-refractivity contribution in [2.75, 3.05) is 5.32 Å². The van der Waals surface area contributed by atoms with Crippen molar-refractivity contribution in [2.45, 2.75) is 13.1 Å². The zero-order valence-corrected chi connectivity index (χ0v) is 14.7. The van der Waals surface area contributed by atoms with Crippen LogP contribution in [0.4, 0.5) is 24.8 Å². The maximum Gasteiger partial charge on any atom is 0.417 e. The van der Waals surface area contributed by atoms with E-state index in [2.05, 4.69) is 25.3 Å². The lowest BCUT2D eigenvalue weighted by molar-refractivity contribution is -0.137. The van der Waals surface area contributed by atoms with Gasteiger partial charge in [0.05, 0.1) is 16.8 Å². The molecule has 4 rings (SSSR count). The maximum atomic E-state index is 12.7. The van der Waals surface area contributed by atoms with Crippen LogP contribution in [-0.4, -0.2) is 19.9 Å². The molecule has 1 N–H and O–H groups in total. The molecule has 0 aliphatic heterocycles. The van der Waals surface area contributed by atoms with Crippen LogP contribution in [0.5, 0.6) is 0 Å². The second-order valence-electron chi connectivity index (χ2n) is 6.13. The lowest BCUT2D eigenvalue weighted by atomic mass is 10.0. The molecular formula is C20H14F3N5. The van der Waals surface area contributed by atoms with Crippen LogP contribution in [0.15, 0.2) is 61.2 Å². The summed E-state index contributed by atoms with van der Waals surface area (Å²) in [7, 11) is 0. The van der Waals surface area contributed by atoms with E-state index in [4.69, 9.17) is 0 Å². The Kier molecular flexibility index (Phi) is 4.38. The predicted octanol–water partition coefficient (Wildman–Crippen LogP) is 5.16. The van der Waals surface area contributed by atoms with E-state index in [0.29, 0.717) is 11.5 Å². The molecule has 0 fully saturated rings. The lowest BCUT2D eigenvalue weighted by Crippen LogP contribution is -2.06. The highest BCUT2D eigenvalue weighted by Gasteiger charge is 2.30. The van der Waals surface area contributed by atoms with Gasteiger partial charge >= 0.3 is 6.18 Å². The molecule has 0 amide bonds. The van der Waals surface area contributed by atoms with E-state index in [9.17, 15) is 13.2 Å². The van der Waals surface area contributed by atoms with E-state index in [1.807, 2.05) is 37.3 Å². The molecule has 0 unspecified atom stereocenters. The van der Waals surface area contributed by atoms with Crippen LogP contribution in [0.25, 0.3) is 22.2 Å². The Balaban J connectivity index is 1.71. The average Bonchev–Trinajstić information content (AvgIpc) is 2.69. The fraction of sp³-hybridized carbons (Fsp3) is 0.100. The van der Waals surface area contributed by atoms with E-state index < -0.39 is 11.7 Å². The van der Waals surface area contributed by atoms with Crippen molar-refractivity contribution >= 4 is 22.5 Å². The van der Waals surface area contributed by atoms with Crippen LogP contribution in [0, 0.1) is 6.92 Å². The fourth-order valence-electron chi connectivity index (χ4n) is 2.91. The molecule has 3 heterocycles. The number of halogens is 3. The van der Waals surface area contributed by atoms with Gasteiger partial charge in [-0.25, -0.2) is 15.0 Å². The summed E-state index contributed by atoms with van der Waals surface area (Å²) < 4.78 is 38.1. The van der Waals surface area contributed by atoms with Crippen molar-refractivity contribution in [3.05, 3.63) is 72.3 Å². The Morgan fingerprint density at radius 3 is 2.50 bits per heavy atom. The molecule has 0 bridgehead atoms. The Morgan fingerprint density at radius 2 is 1.75 bits per heavy atom. The fourth-order valence-corrected chi connectivity index (χ4v) is 2.91. The molecular weight excluding hydrogens is 367 g/mol. The number of alkyl halides is 3. The first-order valence-electron chi connectivity index (χ1n) is 8.39. The molecule has 5 nitrogen and oxygen atoms in total. The SMILES string of the molecule is Cc1c(Nc2ccc(C(F)(F)F)cn2)ncnc1-c1cccc2ncccc12. The number of anilines is 2. The number of rotatable bonds is 3. The largest absolute Gasteiger partial charge is 0.417 e. The number of aromatic nitrogens is 4. The number of fused-ring (bicyclic) bond motifs is 1. The van der Waals surface area contributed by atoms with E-state index in [0.717, 1.165) is 34.3 Å². The van der Waals surface area contributed by atoms with Gasteiger partial charge in [-0.1, -0.05) is 18.2 Å². The summed E-state index contributed by atoms with van der Waals surface area (Å²) in [5.74, 6) is 0.735. The Labute approximate surface area is 158 Å². The molecule has 0 radical (unpaired) electrons. The molecule has 140 valence electrons. The number of benzene rings is 1. The van der Waals surface area contributed by atoms with Crippen LogP contribution < -0.4 is 5.32 Å². The van der Waals surface area contributed by atoms with Crippen molar-refractivity contribution in [3.63, 3.8) is 0 Å². The molecule has 28 heavy (non-hydrogen) atoms. The second-order valence-corrected chi connectivity index (χ2v) is 6.13. The molecule has 1 aromatic carbocycles. The molecule has 0 aliphatic rings. The third-order valence-corrected chi connectivity index (χ3v) is 4.32. The molecule has 0 aliphatic carbocycles. The highest BCUT2D eigenvalue weighted by atomic mass is 19.4. The van der Waals surface area contributed by atoms with Gasteiger partial charge in [0.2, 0.25) is 0 Å². The molecule has 8 heteroatoms. The monoisotopic (exact) mass is 381 g/mol. The highest BCUT2D eigenvalue weighted by Crippen LogP contribution is 2.32. The molecule has 0 saturated carbocycles. The smallest absolute Gasteiger partial charge is 0.325 e. The molecule has 3 aromatic heterocycles. The topological polar surface area (TPSA) is 63.6 Å². The van der Waals surface area contributed by atoms with E-state index in [-0.39, 0.29) is 5.82 Å². The summed E-state index contributed by atoms with van der Waals surface area (Å²) in [5.41, 5.74) is 2.40. The summed E-state index contributed by atoms with van der Waals surface area (Å²) in [6, 6.07) is 11.8. The number of hydrogen-bond acceptors (Lipinski definition) is 5. The highest BCUT2D eigenvalue weighted by molar-refractivity contribution is 5.94. The van der Waals surface area contributed by atoms with Crippen molar-refractivity contribution in [3.8, 4) is 11.3 Å². The van der Waals surface area contributed by atoms with Crippen molar-refractivity contribution in [1.82, 2.24) is 19.9 Å². The Morgan fingerprint density at radius 1 is 0.893 bits per heavy atom. The number of pyridine rings is 2. The van der Waals surface area contributed by atoms with Crippen LogP contribution >= 0.6 is 0 Å². The van der Waals surface area contributed by atoms with Crippen LogP contribution in [0.3, 0.4) is 0 Å². The summed E-state index contributed by atoms with van der Waals surface area (Å²) in [4.78, 5) is 16.8. The van der Waals surface area contributed by atoms with E-state index in [1.165, 1.54) is 12.4 Å². The van der Waals surface area contributed by atoms with Crippen molar-refractivity contribution in [1.29, 1.82) is 0 Å². The molecule has 0 spiro atoms. The standard InChI is InChI=1S/C20H14F3N5/c1-12-18(15-4-2-6-16-14(15)5-3-9-24-16)26-11-27-19(12)28-17-8-7-13(10-25-17)20(21,22)23/h2-11H,1H3,(H,25,26,27,28). The van der Waals surface area contributed by atoms with E-state index in [1.54, 1.807) is 6.20 Å². The van der Waals surface area contributed by atoms with Crippen LogP contribution in [0.1, 0.15) is 11.1 Å². The van der Waals surface area contributed by atoms with Gasteiger partial charge in [0, 0.05) is 28.9 Å². The zero-order valence-electron chi connectivity index (χ0n) is 14.7. The van der Waals surface area contributed by atoms with Crippen molar-refractivity contribution in [2.24, 2.45) is 0 Å². The van der Waals surface area contributed by atoms with Gasteiger partial charge in [-0.2, -0.15) is 13.2 Å². The first kappa shape index (κ1) is 17.8. The van der Waals surface area contributed by atoms with Gasteiger partial charge in [-0.05, 0) is 31.2 Å². The summed E-state index contributed by atoms with van der Waals surface area (Å²) in [6.07, 6.45) is -0.506. The van der Waals surface area contributed by atoms with Crippen molar-refractivity contribution < 1.29 is 13.2 Å². The van der Waals surface area contributed by atoms with Gasteiger partial charge in [-0.15, -0.1) is 0 Å².